The Bertz CT molecular complexity index is 514. The first-order valence-corrected chi connectivity index (χ1v) is 7.75. The number of aromatic nitrogens is 1. The van der Waals surface area contributed by atoms with Gasteiger partial charge in [0.05, 0.1) is 24.2 Å². The minimum absolute atomic E-state index is 0. The highest BCUT2D eigenvalue weighted by Crippen LogP contribution is 2.24. The summed E-state index contributed by atoms with van der Waals surface area (Å²) < 4.78 is 0. The topological polar surface area (TPSA) is 73.1 Å². The Morgan fingerprint density at radius 1 is 1.48 bits per heavy atom. The van der Waals surface area contributed by atoms with Crippen molar-refractivity contribution in [3.63, 3.8) is 0 Å². The number of guanidine groups is 1. The SMILES string of the molecule is CN=C(NCc1nc(C)c(C)s1)NC1CCCC1C#N.I. The second-order valence-corrected chi connectivity index (χ2v) is 6.38. The molecule has 2 unspecified atom stereocenters. The molecule has 1 aliphatic carbocycles. The fraction of sp³-hybridized carbons (Fsp3) is 0.643. The second-order valence-electron chi connectivity index (χ2n) is 5.09. The number of rotatable bonds is 3. The lowest BCUT2D eigenvalue weighted by Gasteiger charge is -2.18. The molecule has 2 rings (SSSR count). The van der Waals surface area contributed by atoms with Crippen molar-refractivity contribution in [2.45, 2.75) is 45.7 Å². The monoisotopic (exact) mass is 419 g/mol. The summed E-state index contributed by atoms with van der Waals surface area (Å²) in [5.74, 6) is 0.848. The maximum absolute atomic E-state index is 9.10. The van der Waals surface area contributed by atoms with Gasteiger partial charge in [-0.25, -0.2) is 4.98 Å². The molecule has 0 aliphatic heterocycles. The van der Waals surface area contributed by atoms with Crippen LogP contribution in [-0.4, -0.2) is 24.0 Å². The van der Waals surface area contributed by atoms with Gasteiger partial charge in [-0.15, -0.1) is 35.3 Å². The van der Waals surface area contributed by atoms with Crippen LogP contribution in [0.5, 0.6) is 0 Å². The molecule has 1 aromatic heterocycles. The fourth-order valence-corrected chi connectivity index (χ4v) is 3.31. The number of hydrogen-bond donors (Lipinski definition) is 2. The summed E-state index contributed by atoms with van der Waals surface area (Å²) in [6.45, 7) is 4.78. The highest BCUT2D eigenvalue weighted by molar-refractivity contribution is 14.0. The zero-order valence-corrected chi connectivity index (χ0v) is 15.8. The average molecular weight is 419 g/mol. The second kappa shape index (κ2) is 8.54. The highest BCUT2D eigenvalue weighted by Gasteiger charge is 2.27. The van der Waals surface area contributed by atoms with Crippen LogP contribution in [0.1, 0.15) is 34.8 Å². The largest absolute Gasteiger partial charge is 0.352 e. The first kappa shape index (κ1) is 18.2. The van der Waals surface area contributed by atoms with E-state index in [9.17, 15) is 0 Å². The van der Waals surface area contributed by atoms with Gasteiger partial charge in [0, 0.05) is 18.0 Å². The summed E-state index contributed by atoms with van der Waals surface area (Å²) in [6, 6.07) is 2.59. The molecule has 0 spiro atoms. The van der Waals surface area contributed by atoms with Crippen molar-refractivity contribution in [3.05, 3.63) is 15.6 Å². The van der Waals surface area contributed by atoms with Crippen molar-refractivity contribution < 1.29 is 0 Å². The van der Waals surface area contributed by atoms with Gasteiger partial charge >= 0.3 is 0 Å². The molecule has 7 heteroatoms. The van der Waals surface area contributed by atoms with E-state index in [1.165, 1.54) is 4.88 Å². The molecule has 2 atom stereocenters. The van der Waals surface area contributed by atoms with E-state index in [-0.39, 0.29) is 35.9 Å². The molecule has 0 saturated heterocycles. The van der Waals surface area contributed by atoms with Crippen molar-refractivity contribution >= 4 is 41.3 Å². The molecule has 1 aliphatic rings. The lowest BCUT2D eigenvalue weighted by molar-refractivity contribution is 0.532. The van der Waals surface area contributed by atoms with Gasteiger partial charge in [-0.3, -0.25) is 4.99 Å². The van der Waals surface area contributed by atoms with Crippen LogP contribution in [0, 0.1) is 31.1 Å². The average Bonchev–Trinajstić information content (AvgIpc) is 3.01. The van der Waals surface area contributed by atoms with E-state index in [0.29, 0.717) is 6.54 Å². The summed E-state index contributed by atoms with van der Waals surface area (Å²) in [6.07, 6.45) is 3.13. The standard InChI is InChI=1S/C14H21N5S.HI/c1-9-10(2)20-13(18-9)8-17-14(16-3)19-12-6-4-5-11(12)7-15;/h11-12H,4-6,8H2,1-3H3,(H2,16,17,19);1H. The van der Waals surface area contributed by atoms with Crippen molar-refractivity contribution in [2.75, 3.05) is 7.05 Å². The number of nitriles is 1. The fourth-order valence-electron chi connectivity index (χ4n) is 2.43. The number of aliphatic imine (C=N–C) groups is 1. The molecule has 1 saturated carbocycles. The van der Waals surface area contributed by atoms with Gasteiger partial charge < -0.3 is 10.6 Å². The van der Waals surface area contributed by atoms with Gasteiger partial charge in [0.25, 0.3) is 0 Å². The van der Waals surface area contributed by atoms with Crippen LogP contribution >= 0.6 is 35.3 Å². The molecular weight excluding hydrogens is 397 g/mol. The van der Waals surface area contributed by atoms with Crippen LogP contribution in [0.25, 0.3) is 0 Å². The number of aryl methyl sites for hydroxylation is 2. The van der Waals surface area contributed by atoms with Gasteiger partial charge in [-0.2, -0.15) is 5.26 Å². The van der Waals surface area contributed by atoms with Crippen molar-refractivity contribution in [2.24, 2.45) is 10.9 Å². The van der Waals surface area contributed by atoms with Crippen LogP contribution in [-0.2, 0) is 6.54 Å². The summed E-state index contributed by atoms with van der Waals surface area (Å²) in [4.78, 5) is 9.98. The molecule has 1 heterocycles. The zero-order valence-electron chi connectivity index (χ0n) is 12.6. The van der Waals surface area contributed by atoms with Crippen LogP contribution < -0.4 is 10.6 Å². The Labute approximate surface area is 147 Å². The molecule has 1 fully saturated rings. The first-order valence-electron chi connectivity index (χ1n) is 6.93. The maximum atomic E-state index is 9.10. The third-order valence-electron chi connectivity index (χ3n) is 3.71. The van der Waals surface area contributed by atoms with Gasteiger partial charge in [0.1, 0.15) is 5.01 Å². The maximum Gasteiger partial charge on any atom is 0.191 e. The Kier molecular flexibility index (Phi) is 7.39. The molecule has 116 valence electrons. The van der Waals surface area contributed by atoms with E-state index in [1.54, 1.807) is 18.4 Å². The number of hydrogen-bond acceptors (Lipinski definition) is 4. The van der Waals surface area contributed by atoms with Crippen molar-refractivity contribution in [1.29, 1.82) is 5.26 Å². The lowest BCUT2D eigenvalue weighted by Crippen LogP contribution is -2.44. The smallest absolute Gasteiger partial charge is 0.191 e. The molecule has 1 aromatic rings. The summed E-state index contributed by atoms with van der Waals surface area (Å²) >= 11 is 1.71. The first-order chi connectivity index (χ1) is 9.63. The zero-order chi connectivity index (χ0) is 14.5. The van der Waals surface area contributed by atoms with Crippen molar-refractivity contribution in [1.82, 2.24) is 15.6 Å². The molecule has 0 bridgehead atoms. The third kappa shape index (κ3) is 4.81. The normalized spacial score (nSPS) is 21.5. The summed E-state index contributed by atoms with van der Waals surface area (Å²) in [7, 11) is 1.75. The molecule has 0 radical (unpaired) electrons. The van der Waals surface area contributed by atoms with Crippen LogP contribution in [0.2, 0.25) is 0 Å². The lowest BCUT2D eigenvalue weighted by atomic mass is 10.1. The quantitative estimate of drug-likeness (QED) is 0.449. The predicted molar refractivity (Wildman–Crippen MR) is 97.1 cm³/mol. The summed E-state index contributed by atoms with van der Waals surface area (Å²) in [5.41, 5.74) is 1.09. The summed E-state index contributed by atoms with van der Waals surface area (Å²) in [5, 5.41) is 16.8. The van der Waals surface area contributed by atoms with E-state index >= 15 is 0 Å². The van der Waals surface area contributed by atoms with Crippen LogP contribution in [0.4, 0.5) is 0 Å². The van der Waals surface area contributed by atoms with E-state index in [2.05, 4.69) is 33.6 Å². The van der Waals surface area contributed by atoms with Gasteiger partial charge in [-0.1, -0.05) is 0 Å². The Balaban J connectivity index is 0.00000220. The molecule has 5 nitrogen and oxygen atoms in total. The minimum atomic E-state index is 0. The molecule has 2 N–H and O–H groups in total. The Morgan fingerprint density at radius 2 is 2.24 bits per heavy atom. The minimum Gasteiger partial charge on any atom is -0.352 e. The number of nitrogens with zero attached hydrogens (tertiary/aromatic N) is 3. The van der Waals surface area contributed by atoms with Crippen LogP contribution in [0.15, 0.2) is 4.99 Å². The highest BCUT2D eigenvalue weighted by atomic mass is 127. The number of halogens is 1. The van der Waals surface area contributed by atoms with E-state index < -0.39 is 0 Å². The van der Waals surface area contributed by atoms with Gasteiger partial charge in [0.2, 0.25) is 0 Å². The van der Waals surface area contributed by atoms with E-state index in [0.717, 1.165) is 35.9 Å². The van der Waals surface area contributed by atoms with Gasteiger partial charge in [-0.05, 0) is 33.1 Å². The number of nitrogens with one attached hydrogen (secondary N) is 2. The number of thiazole rings is 1. The molecule has 0 amide bonds. The van der Waals surface area contributed by atoms with E-state index in [1.807, 2.05) is 6.92 Å². The Morgan fingerprint density at radius 3 is 2.81 bits per heavy atom. The molecule has 0 aromatic carbocycles. The van der Waals surface area contributed by atoms with Gasteiger partial charge in [0.15, 0.2) is 5.96 Å². The Hall–Kier alpha value is -0.880. The van der Waals surface area contributed by atoms with Crippen LogP contribution in [0.3, 0.4) is 0 Å². The predicted octanol–water partition coefficient (Wildman–Crippen LogP) is 2.74. The molecule has 21 heavy (non-hydrogen) atoms. The molecular formula is C14H22IN5S. The third-order valence-corrected chi connectivity index (χ3v) is 4.78. The van der Waals surface area contributed by atoms with E-state index in [4.69, 9.17) is 5.26 Å². The van der Waals surface area contributed by atoms with Crippen molar-refractivity contribution in [3.8, 4) is 6.07 Å².